The average molecular weight is 199 g/mol. The number of aliphatic carboxylic acids is 1. The molecule has 4 heteroatoms. The molecule has 0 bridgehead atoms. The number of carboxylic acid groups (broad SMARTS) is 1. The maximum absolute atomic E-state index is 11.2. The van der Waals surface area contributed by atoms with Crippen LogP contribution >= 0.6 is 0 Å². The van der Waals surface area contributed by atoms with Gasteiger partial charge in [0.1, 0.15) is 5.41 Å². The van der Waals surface area contributed by atoms with Crippen LogP contribution in [0.15, 0.2) is 0 Å². The molecule has 0 spiro atoms. The second-order valence-corrected chi connectivity index (χ2v) is 4.21. The molecular formula is C10H17NO3. The third-order valence-electron chi connectivity index (χ3n) is 3.38. The van der Waals surface area contributed by atoms with Gasteiger partial charge in [-0.15, -0.1) is 0 Å². The fraction of sp³-hybridized carbons (Fsp3) is 0.800. The van der Waals surface area contributed by atoms with Gasteiger partial charge in [0, 0.05) is 0 Å². The average Bonchev–Trinajstić information content (AvgIpc) is 2.17. The summed E-state index contributed by atoms with van der Waals surface area (Å²) >= 11 is 0. The zero-order chi connectivity index (χ0) is 10.8. The lowest BCUT2D eigenvalue weighted by Crippen LogP contribution is -2.47. The van der Waals surface area contributed by atoms with E-state index in [1.165, 1.54) is 6.92 Å². The molecule has 4 nitrogen and oxygen atoms in total. The molecule has 0 radical (unpaired) electrons. The van der Waals surface area contributed by atoms with Crippen LogP contribution in [0.25, 0.3) is 0 Å². The summed E-state index contributed by atoms with van der Waals surface area (Å²) in [5.41, 5.74) is 3.81. The minimum atomic E-state index is -1.37. The van der Waals surface area contributed by atoms with E-state index in [1.54, 1.807) is 0 Å². The van der Waals surface area contributed by atoms with Crippen molar-refractivity contribution in [3.63, 3.8) is 0 Å². The molecule has 0 aromatic heterocycles. The summed E-state index contributed by atoms with van der Waals surface area (Å²) < 4.78 is 0. The quantitative estimate of drug-likeness (QED) is 0.669. The smallest absolute Gasteiger partial charge is 0.319 e. The van der Waals surface area contributed by atoms with Crippen LogP contribution < -0.4 is 5.73 Å². The molecule has 1 unspecified atom stereocenters. The summed E-state index contributed by atoms with van der Waals surface area (Å²) in [6.45, 7) is 1.45. The van der Waals surface area contributed by atoms with Crippen molar-refractivity contribution in [3.05, 3.63) is 0 Å². The van der Waals surface area contributed by atoms with Crippen LogP contribution in [-0.4, -0.2) is 17.0 Å². The molecule has 1 aliphatic carbocycles. The first kappa shape index (κ1) is 11.0. The van der Waals surface area contributed by atoms with Crippen LogP contribution in [0.4, 0.5) is 0 Å². The number of carboxylic acids is 1. The van der Waals surface area contributed by atoms with E-state index < -0.39 is 17.3 Å². The summed E-state index contributed by atoms with van der Waals surface area (Å²) in [5.74, 6) is -1.89. The predicted molar refractivity (Wildman–Crippen MR) is 51.5 cm³/mol. The Bertz CT molecular complexity index is 230. The predicted octanol–water partition coefficient (Wildman–Crippen LogP) is 1.14. The largest absolute Gasteiger partial charge is 0.480 e. The van der Waals surface area contributed by atoms with E-state index in [1.807, 2.05) is 0 Å². The highest BCUT2D eigenvalue weighted by molar-refractivity contribution is 6.01. The number of hydrogen-bond donors (Lipinski definition) is 2. The molecule has 0 saturated heterocycles. The normalized spacial score (nSPS) is 22.6. The fourth-order valence-corrected chi connectivity index (χ4v) is 2.16. The van der Waals surface area contributed by atoms with E-state index in [-0.39, 0.29) is 5.92 Å². The molecule has 1 rings (SSSR count). The topological polar surface area (TPSA) is 80.4 Å². The fourth-order valence-electron chi connectivity index (χ4n) is 2.16. The van der Waals surface area contributed by atoms with Gasteiger partial charge in [-0.1, -0.05) is 19.3 Å². The second-order valence-electron chi connectivity index (χ2n) is 4.21. The zero-order valence-electron chi connectivity index (χ0n) is 8.45. The zero-order valence-corrected chi connectivity index (χ0v) is 8.45. The van der Waals surface area contributed by atoms with E-state index in [4.69, 9.17) is 10.8 Å². The number of carbonyl (C=O) groups excluding carboxylic acids is 1. The minimum Gasteiger partial charge on any atom is -0.480 e. The van der Waals surface area contributed by atoms with Gasteiger partial charge in [0.2, 0.25) is 5.91 Å². The van der Waals surface area contributed by atoms with Gasteiger partial charge < -0.3 is 10.8 Å². The van der Waals surface area contributed by atoms with Crippen LogP contribution in [0.2, 0.25) is 0 Å². The highest BCUT2D eigenvalue weighted by atomic mass is 16.4. The number of hydrogen-bond acceptors (Lipinski definition) is 2. The lowest BCUT2D eigenvalue weighted by atomic mass is 9.69. The molecule has 0 heterocycles. The molecule has 3 N–H and O–H groups in total. The molecule has 0 aromatic carbocycles. The van der Waals surface area contributed by atoms with Crippen LogP contribution in [0.3, 0.4) is 0 Å². The highest BCUT2D eigenvalue weighted by Crippen LogP contribution is 2.38. The molecule has 1 amide bonds. The van der Waals surface area contributed by atoms with E-state index in [2.05, 4.69) is 0 Å². The summed E-state index contributed by atoms with van der Waals surface area (Å²) in [7, 11) is 0. The first-order valence-electron chi connectivity index (χ1n) is 5.03. The first-order chi connectivity index (χ1) is 6.49. The monoisotopic (exact) mass is 199 g/mol. The summed E-state index contributed by atoms with van der Waals surface area (Å²) in [4.78, 5) is 22.3. The Morgan fingerprint density at radius 1 is 1.29 bits per heavy atom. The lowest BCUT2D eigenvalue weighted by Gasteiger charge is -2.33. The van der Waals surface area contributed by atoms with E-state index in [9.17, 15) is 9.59 Å². The van der Waals surface area contributed by atoms with E-state index in [0.717, 1.165) is 32.1 Å². The highest BCUT2D eigenvalue weighted by Gasteiger charge is 2.46. The van der Waals surface area contributed by atoms with Gasteiger partial charge in [-0.05, 0) is 25.7 Å². The van der Waals surface area contributed by atoms with Crippen molar-refractivity contribution < 1.29 is 14.7 Å². The van der Waals surface area contributed by atoms with Crippen molar-refractivity contribution in [3.8, 4) is 0 Å². The van der Waals surface area contributed by atoms with Crippen LogP contribution in [0.5, 0.6) is 0 Å². The molecule has 14 heavy (non-hydrogen) atoms. The van der Waals surface area contributed by atoms with Crippen molar-refractivity contribution in [2.75, 3.05) is 0 Å². The van der Waals surface area contributed by atoms with Crippen molar-refractivity contribution >= 4 is 11.9 Å². The maximum atomic E-state index is 11.2. The Labute approximate surface area is 83.5 Å². The van der Waals surface area contributed by atoms with Gasteiger partial charge in [0.25, 0.3) is 0 Å². The van der Waals surface area contributed by atoms with Gasteiger partial charge in [0.15, 0.2) is 0 Å². The number of amides is 1. The third-order valence-corrected chi connectivity index (χ3v) is 3.38. The van der Waals surface area contributed by atoms with Crippen LogP contribution in [0, 0.1) is 11.3 Å². The molecule has 1 atom stereocenters. The summed E-state index contributed by atoms with van der Waals surface area (Å²) in [6, 6.07) is 0. The summed E-state index contributed by atoms with van der Waals surface area (Å²) in [6.07, 6.45) is 4.73. The number of carbonyl (C=O) groups is 2. The van der Waals surface area contributed by atoms with Crippen molar-refractivity contribution in [2.45, 2.75) is 39.0 Å². The molecule has 1 fully saturated rings. The molecule has 1 saturated carbocycles. The number of rotatable bonds is 3. The van der Waals surface area contributed by atoms with Gasteiger partial charge in [-0.3, -0.25) is 9.59 Å². The standard InChI is InChI=1S/C10H17NO3/c1-10(8(11)12,9(13)14)7-5-3-2-4-6-7/h7H,2-6H2,1H3,(H2,11,12)(H,13,14). The Kier molecular flexibility index (Phi) is 3.13. The maximum Gasteiger partial charge on any atom is 0.319 e. The third kappa shape index (κ3) is 1.74. The SMILES string of the molecule is CC(C(N)=O)(C(=O)O)C1CCCCC1. The number of nitrogens with two attached hydrogens (primary N) is 1. The summed E-state index contributed by atoms with van der Waals surface area (Å²) in [5, 5.41) is 9.05. The Morgan fingerprint density at radius 2 is 1.79 bits per heavy atom. The van der Waals surface area contributed by atoms with Gasteiger partial charge in [-0.2, -0.15) is 0 Å². The molecule has 0 aromatic rings. The van der Waals surface area contributed by atoms with Crippen molar-refractivity contribution in [1.29, 1.82) is 0 Å². The molecule has 1 aliphatic rings. The van der Waals surface area contributed by atoms with Crippen molar-refractivity contribution in [1.82, 2.24) is 0 Å². The second kappa shape index (κ2) is 3.98. The molecule has 0 aliphatic heterocycles. The van der Waals surface area contributed by atoms with Gasteiger partial charge in [-0.25, -0.2) is 0 Å². The number of primary amides is 1. The van der Waals surface area contributed by atoms with Gasteiger partial charge in [0.05, 0.1) is 0 Å². The Hall–Kier alpha value is -1.06. The molecular weight excluding hydrogens is 182 g/mol. The van der Waals surface area contributed by atoms with Gasteiger partial charge >= 0.3 is 5.97 Å². The Morgan fingerprint density at radius 3 is 2.14 bits per heavy atom. The minimum absolute atomic E-state index is 0.0914. The molecule has 80 valence electrons. The van der Waals surface area contributed by atoms with Crippen LogP contribution in [0.1, 0.15) is 39.0 Å². The van der Waals surface area contributed by atoms with E-state index >= 15 is 0 Å². The first-order valence-corrected chi connectivity index (χ1v) is 5.03. The lowest BCUT2D eigenvalue weighted by molar-refractivity contribution is -0.158. The van der Waals surface area contributed by atoms with Crippen molar-refractivity contribution in [2.24, 2.45) is 17.1 Å². The van der Waals surface area contributed by atoms with E-state index in [0.29, 0.717) is 0 Å². The van der Waals surface area contributed by atoms with Crippen LogP contribution in [-0.2, 0) is 9.59 Å². The Balaban J connectivity index is 2.86.